The molecule has 0 saturated heterocycles. The van der Waals surface area contributed by atoms with Crippen LogP contribution in [0.3, 0.4) is 0 Å². The van der Waals surface area contributed by atoms with Gasteiger partial charge in [0.15, 0.2) is 0 Å². The van der Waals surface area contributed by atoms with Gasteiger partial charge in [-0.2, -0.15) is 0 Å². The highest BCUT2D eigenvalue weighted by Gasteiger charge is 2.21. The Bertz CT molecular complexity index is 227. The molecule has 1 aliphatic rings. The van der Waals surface area contributed by atoms with Crippen molar-refractivity contribution in [1.82, 2.24) is 10.3 Å². The summed E-state index contributed by atoms with van der Waals surface area (Å²) in [6.45, 7) is 5.54. The molecule has 2 heterocycles. The molecule has 0 radical (unpaired) electrons. The highest BCUT2D eigenvalue weighted by molar-refractivity contribution is 5.29. The molecule has 2 N–H and O–H groups in total. The minimum Gasteiger partial charge on any atom is -0.364 e. The summed E-state index contributed by atoms with van der Waals surface area (Å²) in [7, 11) is 0. The van der Waals surface area contributed by atoms with E-state index >= 15 is 0 Å². The van der Waals surface area contributed by atoms with Crippen molar-refractivity contribution in [3.8, 4) is 0 Å². The molecule has 0 aromatic carbocycles. The summed E-state index contributed by atoms with van der Waals surface area (Å²) in [6, 6.07) is 2.69. The van der Waals surface area contributed by atoms with E-state index < -0.39 is 0 Å². The number of H-pyrrole nitrogens is 1. The van der Waals surface area contributed by atoms with Crippen LogP contribution in [0.2, 0.25) is 0 Å². The maximum atomic E-state index is 3.45. The molecule has 2 nitrogen and oxygen atoms in total. The Morgan fingerprint density at radius 2 is 2.27 bits per heavy atom. The van der Waals surface area contributed by atoms with Crippen LogP contribution >= 0.6 is 0 Å². The van der Waals surface area contributed by atoms with E-state index in [2.05, 4.69) is 30.2 Å². The van der Waals surface area contributed by atoms with Gasteiger partial charge in [-0.3, -0.25) is 0 Å². The fourth-order valence-electron chi connectivity index (χ4n) is 1.76. The van der Waals surface area contributed by atoms with Crippen LogP contribution < -0.4 is 5.32 Å². The fraction of sp³-hybridized carbons (Fsp3) is 0.556. The highest BCUT2D eigenvalue weighted by Crippen LogP contribution is 2.27. The molecule has 60 valence electrons. The Morgan fingerprint density at radius 1 is 1.45 bits per heavy atom. The molecule has 1 aromatic rings. The summed E-state index contributed by atoms with van der Waals surface area (Å²) in [5, 5.41) is 3.45. The number of hydrogen-bond donors (Lipinski definition) is 2. The summed E-state index contributed by atoms with van der Waals surface area (Å²) >= 11 is 0. The minimum atomic E-state index is 0.521. The number of rotatable bonds is 0. The molecule has 2 atom stereocenters. The lowest BCUT2D eigenvalue weighted by atomic mass is 9.95. The maximum absolute atomic E-state index is 3.45. The van der Waals surface area contributed by atoms with Gasteiger partial charge < -0.3 is 10.3 Å². The van der Waals surface area contributed by atoms with Crippen molar-refractivity contribution in [2.75, 3.05) is 6.54 Å². The van der Waals surface area contributed by atoms with Gasteiger partial charge in [-0.1, -0.05) is 6.92 Å². The third-order valence-electron chi connectivity index (χ3n) is 2.50. The van der Waals surface area contributed by atoms with E-state index in [9.17, 15) is 0 Å². The molecule has 11 heavy (non-hydrogen) atoms. The molecule has 1 aliphatic heterocycles. The summed E-state index contributed by atoms with van der Waals surface area (Å²) in [6.07, 6.45) is 2.03. The van der Waals surface area contributed by atoms with Crippen molar-refractivity contribution >= 4 is 0 Å². The standard InChI is InChI=1S/C9H14N2/c1-6-5-11-7(2)8-3-4-10-9(6)8/h3-4,6-7,10-11H,5H2,1-2H3. The van der Waals surface area contributed by atoms with Gasteiger partial charge in [-0.15, -0.1) is 0 Å². The van der Waals surface area contributed by atoms with Gasteiger partial charge in [0, 0.05) is 30.4 Å². The molecule has 0 bridgehead atoms. The van der Waals surface area contributed by atoms with Gasteiger partial charge >= 0.3 is 0 Å². The second-order valence-electron chi connectivity index (χ2n) is 3.38. The van der Waals surface area contributed by atoms with Crippen molar-refractivity contribution < 1.29 is 0 Å². The number of aromatic amines is 1. The van der Waals surface area contributed by atoms with Crippen LogP contribution in [0.4, 0.5) is 0 Å². The topological polar surface area (TPSA) is 27.8 Å². The monoisotopic (exact) mass is 150 g/mol. The average Bonchev–Trinajstić information content (AvgIpc) is 2.45. The first kappa shape index (κ1) is 6.92. The Morgan fingerprint density at radius 3 is 3.00 bits per heavy atom. The van der Waals surface area contributed by atoms with Crippen molar-refractivity contribution in [3.05, 3.63) is 23.5 Å². The zero-order valence-corrected chi connectivity index (χ0v) is 7.02. The van der Waals surface area contributed by atoms with E-state index in [0.717, 1.165) is 6.54 Å². The number of aromatic nitrogens is 1. The Balaban J connectivity index is 2.43. The smallest absolute Gasteiger partial charge is 0.0309 e. The van der Waals surface area contributed by atoms with Crippen LogP contribution in [-0.4, -0.2) is 11.5 Å². The zero-order valence-electron chi connectivity index (χ0n) is 7.02. The van der Waals surface area contributed by atoms with Gasteiger partial charge in [0.1, 0.15) is 0 Å². The van der Waals surface area contributed by atoms with Crippen molar-refractivity contribution in [2.24, 2.45) is 0 Å². The van der Waals surface area contributed by atoms with E-state index in [-0.39, 0.29) is 0 Å². The molecule has 0 aliphatic carbocycles. The summed E-state index contributed by atoms with van der Waals surface area (Å²) in [5.74, 6) is 0.635. The first-order valence-corrected chi connectivity index (χ1v) is 4.19. The minimum absolute atomic E-state index is 0.521. The van der Waals surface area contributed by atoms with Crippen molar-refractivity contribution in [1.29, 1.82) is 0 Å². The summed E-state index contributed by atoms with van der Waals surface area (Å²) in [5.41, 5.74) is 2.85. The predicted octanol–water partition coefficient (Wildman–Crippen LogP) is 1.78. The van der Waals surface area contributed by atoms with Crippen LogP contribution in [-0.2, 0) is 0 Å². The molecule has 0 fully saturated rings. The Labute approximate surface area is 67.0 Å². The highest BCUT2D eigenvalue weighted by atomic mass is 14.9. The molecular weight excluding hydrogens is 136 g/mol. The molecule has 0 saturated carbocycles. The molecule has 2 rings (SSSR count). The molecule has 0 amide bonds. The van der Waals surface area contributed by atoms with Gasteiger partial charge in [0.2, 0.25) is 0 Å². The second-order valence-corrected chi connectivity index (χ2v) is 3.38. The number of nitrogens with one attached hydrogen (secondary N) is 2. The maximum Gasteiger partial charge on any atom is 0.0309 e. The van der Waals surface area contributed by atoms with E-state index in [4.69, 9.17) is 0 Å². The van der Waals surface area contributed by atoms with Crippen LogP contribution in [0.15, 0.2) is 12.3 Å². The lowest BCUT2D eigenvalue weighted by Crippen LogP contribution is -2.29. The van der Waals surface area contributed by atoms with Gasteiger partial charge in [-0.05, 0) is 18.6 Å². The van der Waals surface area contributed by atoms with E-state index in [1.165, 1.54) is 11.3 Å². The summed E-state index contributed by atoms with van der Waals surface area (Å²) < 4.78 is 0. The van der Waals surface area contributed by atoms with E-state index in [1.54, 1.807) is 0 Å². The third-order valence-corrected chi connectivity index (χ3v) is 2.50. The molecule has 1 aromatic heterocycles. The third kappa shape index (κ3) is 0.979. The predicted molar refractivity (Wildman–Crippen MR) is 45.6 cm³/mol. The van der Waals surface area contributed by atoms with Crippen LogP contribution in [0, 0.1) is 0 Å². The Kier molecular flexibility index (Phi) is 1.50. The fourth-order valence-corrected chi connectivity index (χ4v) is 1.76. The number of hydrogen-bond acceptors (Lipinski definition) is 1. The molecular formula is C9H14N2. The normalized spacial score (nSPS) is 30.0. The Hall–Kier alpha value is -0.760. The van der Waals surface area contributed by atoms with E-state index in [0.29, 0.717) is 12.0 Å². The van der Waals surface area contributed by atoms with Crippen LogP contribution in [0.5, 0.6) is 0 Å². The van der Waals surface area contributed by atoms with Gasteiger partial charge in [-0.25, -0.2) is 0 Å². The quantitative estimate of drug-likeness (QED) is 0.579. The van der Waals surface area contributed by atoms with E-state index in [1.807, 2.05) is 6.20 Å². The molecule has 2 heteroatoms. The largest absolute Gasteiger partial charge is 0.364 e. The first-order chi connectivity index (χ1) is 5.29. The van der Waals surface area contributed by atoms with Crippen LogP contribution in [0.1, 0.15) is 37.1 Å². The summed E-state index contributed by atoms with van der Waals surface area (Å²) in [4.78, 5) is 3.30. The number of fused-ring (bicyclic) bond motifs is 1. The van der Waals surface area contributed by atoms with Gasteiger partial charge in [0.25, 0.3) is 0 Å². The van der Waals surface area contributed by atoms with Crippen molar-refractivity contribution in [2.45, 2.75) is 25.8 Å². The lowest BCUT2D eigenvalue weighted by Gasteiger charge is -2.25. The average molecular weight is 150 g/mol. The first-order valence-electron chi connectivity index (χ1n) is 4.19. The van der Waals surface area contributed by atoms with Gasteiger partial charge in [0.05, 0.1) is 0 Å². The lowest BCUT2D eigenvalue weighted by molar-refractivity contribution is 0.490. The van der Waals surface area contributed by atoms with Crippen LogP contribution in [0.25, 0.3) is 0 Å². The second kappa shape index (κ2) is 2.38. The van der Waals surface area contributed by atoms with Crippen molar-refractivity contribution in [3.63, 3.8) is 0 Å². The molecule has 0 spiro atoms. The SMILES string of the molecule is CC1CNC(C)c2cc[nH]c21. The molecule has 2 unspecified atom stereocenters. The zero-order chi connectivity index (χ0) is 7.84.